The molecule has 0 aliphatic carbocycles. The molecule has 2 N–H and O–H groups in total. The number of carbonyl (C=O) groups excluding carboxylic acids is 1. The summed E-state index contributed by atoms with van der Waals surface area (Å²) in [6.45, 7) is 4.65. The standard InChI is InChI=1S/C19H21N5O2/c1-3-26-17-11-14(2)9-10-16(17)22-19(25)20-12-18-23-21-13-24(18)15-7-5-4-6-8-15/h4-11,13H,3,12H2,1-2H3,(H2,20,22,25). The van der Waals surface area contributed by atoms with E-state index in [1.54, 1.807) is 6.33 Å². The maximum absolute atomic E-state index is 12.3. The van der Waals surface area contributed by atoms with Crippen LogP contribution in [-0.4, -0.2) is 27.4 Å². The monoisotopic (exact) mass is 351 g/mol. The number of amides is 2. The zero-order chi connectivity index (χ0) is 18.4. The van der Waals surface area contributed by atoms with Gasteiger partial charge in [0.2, 0.25) is 0 Å². The van der Waals surface area contributed by atoms with Crippen molar-refractivity contribution in [2.24, 2.45) is 0 Å². The fourth-order valence-electron chi connectivity index (χ4n) is 2.52. The molecule has 26 heavy (non-hydrogen) atoms. The topological polar surface area (TPSA) is 81.1 Å². The first-order valence-electron chi connectivity index (χ1n) is 8.40. The number of ether oxygens (including phenoxy) is 1. The van der Waals surface area contributed by atoms with Crippen LogP contribution in [0, 0.1) is 6.92 Å². The third-order valence-electron chi connectivity index (χ3n) is 3.74. The number of para-hydroxylation sites is 1. The van der Waals surface area contributed by atoms with Gasteiger partial charge < -0.3 is 15.4 Å². The molecule has 1 aromatic heterocycles. The molecule has 0 bridgehead atoms. The first-order chi connectivity index (χ1) is 12.7. The average Bonchev–Trinajstić information content (AvgIpc) is 3.12. The third kappa shape index (κ3) is 4.18. The minimum Gasteiger partial charge on any atom is -0.492 e. The Morgan fingerprint density at radius 1 is 1.19 bits per heavy atom. The lowest BCUT2D eigenvalue weighted by Gasteiger charge is -2.13. The molecule has 0 atom stereocenters. The first kappa shape index (κ1) is 17.5. The molecule has 3 rings (SSSR count). The summed E-state index contributed by atoms with van der Waals surface area (Å²) in [6.07, 6.45) is 1.62. The fraction of sp³-hybridized carbons (Fsp3) is 0.211. The number of aryl methyl sites for hydroxylation is 1. The van der Waals surface area contributed by atoms with Crippen molar-refractivity contribution in [3.05, 3.63) is 66.2 Å². The molecule has 2 aromatic carbocycles. The lowest BCUT2D eigenvalue weighted by Crippen LogP contribution is -2.29. The van der Waals surface area contributed by atoms with E-state index >= 15 is 0 Å². The molecule has 0 fully saturated rings. The van der Waals surface area contributed by atoms with Crippen molar-refractivity contribution >= 4 is 11.7 Å². The van der Waals surface area contributed by atoms with Crippen LogP contribution in [0.2, 0.25) is 0 Å². The molecule has 3 aromatic rings. The van der Waals surface area contributed by atoms with Crippen molar-refractivity contribution in [1.29, 1.82) is 0 Å². The van der Waals surface area contributed by atoms with Crippen LogP contribution in [0.1, 0.15) is 18.3 Å². The largest absolute Gasteiger partial charge is 0.492 e. The summed E-state index contributed by atoms with van der Waals surface area (Å²) >= 11 is 0. The number of hydrogen-bond donors (Lipinski definition) is 2. The Balaban J connectivity index is 1.65. The van der Waals surface area contributed by atoms with Gasteiger partial charge in [-0.05, 0) is 43.7 Å². The van der Waals surface area contributed by atoms with Crippen LogP contribution < -0.4 is 15.4 Å². The zero-order valence-corrected chi connectivity index (χ0v) is 14.8. The van der Waals surface area contributed by atoms with Crippen molar-refractivity contribution in [3.63, 3.8) is 0 Å². The van der Waals surface area contributed by atoms with Gasteiger partial charge >= 0.3 is 6.03 Å². The summed E-state index contributed by atoms with van der Waals surface area (Å²) in [5.74, 6) is 1.29. The molecule has 134 valence electrons. The van der Waals surface area contributed by atoms with Crippen molar-refractivity contribution in [3.8, 4) is 11.4 Å². The number of carbonyl (C=O) groups is 1. The van der Waals surface area contributed by atoms with Crippen LogP contribution in [0.4, 0.5) is 10.5 Å². The Kier molecular flexibility index (Phi) is 5.48. The molecule has 0 saturated heterocycles. The van der Waals surface area contributed by atoms with Gasteiger partial charge in [0.05, 0.1) is 18.8 Å². The minimum absolute atomic E-state index is 0.247. The molecule has 0 aliphatic rings. The number of aromatic nitrogens is 3. The van der Waals surface area contributed by atoms with Crippen molar-refractivity contribution in [1.82, 2.24) is 20.1 Å². The molecular formula is C19H21N5O2. The summed E-state index contributed by atoms with van der Waals surface area (Å²) in [4.78, 5) is 12.3. The SMILES string of the molecule is CCOc1cc(C)ccc1NC(=O)NCc1nncn1-c1ccccc1. The lowest BCUT2D eigenvalue weighted by molar-refractivity contribution is 0.251. The normalized spacial score (nSPS) is 10.4. The smallest absolute Gasteiger partial charge is 0.319 e. The van der Waals surface area contributed by atoms with Crippen molar-refractivity contribution < 1.29 is 9.53 Å². The Labute approximate surface area is 152 Å². The predicted octanol–water partition coefficient (Wildman–Crippen LogP) is 3.30. The number of anilines is 1. The fourth-order valence-corrected chi connectivity index (χ4v) is 2.52. The number of rotatable bonds is 6. The van der Waals surface area contributed by atoms with Crippen LogP contribution in [-0.2, 0) is 6.54 Å². The number of benzene rings is 2. The Bertz CT molecular complexity index is 877. The summed E-state index contributed by atoms with van der Waals surface area (Å²) in [6, 6.07) is 15.0. The van der Waals surface area contributed by atoms with Crippen molar-refractivity contribution in [2.45, 2.75) is 20.4 Å². The maximum Gasteiger partial charge on any atom is 0.319 e. The minimum atomic E-state index is -0.336. The summed E-state index contributed by atoms with van der Waals surface area (Å²) in [5, 5.41) is 13.6. The second kappa shape index (κ2) is 8.15. The summed E-state index contributed by atoms with van der Waals surface area (Å²) in [5.41, 5.74) is 2.63. The van der Waals surface area contributed by atoms with Crippen LogP contribution in [0.3, 0.4) is 0 Å². The second-order valence-corrected chi connectivity index (χ2v) is 5.69. The molecule has 0 unspecified atom stereocenters. The molecule has 0 radical (unpaired) electrons. The molecule has 7 nitrogen and oxygen atoms in total. The van der Waals surface area contributed by atoms with E-state index in [9.17, 15) is 4.79 Å². The van der Waals surface area contributed by atoms with Gasteiger partial charge in [-0.2, -0.15) is 0 Å². The zero-order valence-electron chi connectivity index (χ0n) is 14.8. The Morgan fingerprint density at radius 3 is 2.77 bits per heavy atom. The lowest BCUT2D eigenvalue weighted by atomic mass is 10.2. The molecule has 7 heteroatoms. The number of nitrogens with zero attached hydrogens (tertiary/aromatic N) is 3. The van der Waals surface area contributed by atoms with Gasteiger partial charge in [-0.3, -0.25) is 4.57 Å². The molecule has 0 aliphatic heterocycles. The molecule has 0 spiro atoms. The van der Waals surface area contributed by atoms with Gasteiger partial charge in [-0.25, -0.2) is 4.79 Å². The quantitative estimate of drug-likeness (QED) is 0.714. The second-order valence-electron chi connectivity index (χ2n) is 5.69. The van der Waals surface area contributed by atoms with E-state index in [0.717, 1.165) is 11.3 Å². The van der Waals surface area contributed by atoms with E-state index in [4.69, 9.17) is 4.74 Å². The molecule has 2 amide bonds. The predicted molar refractivity (Wildman–Crippen MR) is 99.6 cm³/mol. The Hall–Kier alpha value is -3.35. The molecule has 1 heterocycles. The van der Waals surface area contributed by atoms with Crippen molar-refractivity contribution in [2.75, 3.05) is 11.9 Å². The third-order valence-corrected chi connectivity index (χ3v) is 3.74. The Morgan fingerprint density at radius 2 is 2.00 bits per heavy atom. The van der Waals surface area contributed by atoms with Crippen LogP contribution in [0.15, 0.2) is 54.9 Å². The van der Waals surface area contributed by atoms with Gasteiger partial charge in [0.25, 0.3) is 0 Å². The average molecular weight is 351 g/mol. The molecular weight excluding hydrogens is 330 g/mol. The first-order valence-corrected chi connectivity index (χ1v) is 8.40. The highest BCUT2D eigenvalue weighted by Gasteiger charge is 2.11. The van der Waals surface area contributed by atoms with Gasteiger partial charge in [0.15, 0.2) is 5.82 Å². The van der Waals surface area contributed by atoms with Gasteiger partial charge in [0.1, 0.15) is 12.1 Å². The number of nitrogens with one attached hydrogen (secondary N) is 2. The van der Waals surface area contributed by atoms with Crippen LogP contribution >= 0.6 is 0 Å². The van der Waals surface area contributed by atoms with Gasteiger partial charge in [-0.15, -0.1) is 10.2 Å². The van der Waals surface area contributed by atoms with E-state index < -0.39 is 0 Å². The van der Waals surface area contributed by atoms with E-state index in [-0.39, 0.29) is 12.6 Å². The molecule has 0 saturated carbocycles. The highest BCUT2D eigenvalue weighted by molar-refractivity contribution is 5.90. The summed E-state index contributed by atoms with van der Waals surface area (Å²) in [7, 11) is 0. The van der Waals surface area contributed by atoms with Gasteiger partial charge in [-0.1, -0.05) is 24.3 Å². The highest BCUT2D eigenvalue weighted by atomic mass is 16.5. The highest BCUT2D eigenvalue weighted by Crippen LogP contribution is 2.25. The number of hydrogen-bond acceptors (Lipinski definition) is 4. The number of urea groups is 1. The summed E-state index contributed by atoms with van der Waals surface area (Å²) < 4.78 is 7.41. The van der Waals surface area contributed by atoms with E-state index in [2.05, 4.69) is 20.8 Å². The van der Waals surface area contributed by atoms with Gasteiger partial charge in [0, 0.05) is 5.69 Å². The van der Waals surface area contributed by atoms with Crippen LogP contribution in [0.25, 0.3) is 5.69 Å². The maximum atomic E-state index is 12.3. The van der Waals surface area contributed by atoms with Crippen LogP contribution in [0.5, 0.6) is 5.75 Å². The van der Waals surface area contributed by atoms with E-state index in [1.165, 1.54) is 0 Å². The van der Waals surface area contributed by atoms with E-state index in [1.807, 2.05) is 66.9 Å². The van der Waals surface area contributed by atoms with E-state index in [0.29, 0.717) is 23.9 Å².